The molecule has 0 spiro atoms. The molecule has 1 aliphatic carbocycles. The smallest absolute Gasteiger partial charge is 0.0172 e. The molecule has 0 amide bonds. The van der Waals surface area contributed by atoms with E-state index in [9.17, 15) is 0 Å². The third-order valence-corrected chi connectivity index (χ3v) is 4.60. The Bertz CT molecular complexity index is 479. The van der Waals surface area contributed by atoms with Gasteiger partial charge in [0.1, 0.15) is 0 Å². The van der Waals surface area contributed by atoms with Gasteiger partial charge in [0, 0.05) is 5.41 Å². The molecule has 0 radical (unpaired) electrons. The van der Waals surface area contributed by atoms with Gasteiger partial charge >= 0.3 is 0 Å². The van der Waals surface area contributed by atoms with E-state index < -0.39 is 0 Å². The van der Waals surface area contributed by atoms with Crippen molar-refractivity contribution in [1.82, 2.24) is 0 Å². The standard InChI is InChI=1S/C18H24/c1-5-15-11-9-13-18(4,14(15)3)17-12-8-7-10-16(17)6-2/h7-14H,5-6H2,1-4H3. The van der Waals surface area contributed by atoms with Gasteiger partial charge in [-0.2, -0.15) is 0 Å². The quantitative estimate of drug-likeness (QED) is 0.693. The summed E-state index contributed by atoms with van der Waals surface area (Å²) >= 11 is 0. The Morgan fingerprint density at radius 3 is 2.50 bits per heavy atom. The Morgan fingerprint density at radius 1 is 1.11 bits per heavy atom. The van der Waals surface area contributed by atoms with Crippen molar-refractivity contribution in [3.8, 4) is 0 Å². The summed E-state index contributed by atoms with van der Waals surface area (Å²) in [7, 11) is 0. The zero-order valence-corrected chi connectivity index (χ0v) is 12.0. The highest BCUT2D eigenvalue weighted by Gasteiger charge is 2.34. The van der Waals surface area contributed by atoms with Gasteiger partial charge in [0.25, 0.3) is 0 Å². The zero-order valence-electron chi connectivity index (χ0n) is 12.0. The number of hydrogen-bond donors (Lipinski definition) is 0. The van der Waals surface area contributed by atoms with Gasteiger partial charge in [0.2, 0.25) is 0 Å². The number of hydrogen-bond acceptors (Lipinski definition) is 0. The van der Waals surface area contributed by atoms with Crippen LogP contribution in [0.2, 0.25) is 0 Å². The summed E-state index contributed by atoms with van der Waals surface area (Å²) in [5, 5.41) is 0. The molecule has 1 aromatic carbocycles. The van der Waals surface area contributed by atoms with Crippen molar-refractivity contribution in [3.05, 3.63) is 59.2 Å². The van der Waals surface area contributed by atoms with E-state index in [-0.39, 0.29) is 5.41 Å². The molecule has 0 saturated heterocycles. The molecule has 0 fully saturated rings. The molecule has 18 heavy (non-hydrogen) atoms. The van der Waals surface area contributed by atoms with Crippen molar-refractivity contribution >= 4 is 0 Å². The molecule has 2 unspecified atom stereocenters. The Morgan fingerprint density at radius 2 is 1.83 bits per heavy atom. The highest BCUT2D eigenvalue weighted by Crippen LogP contribution is 2.42. The molecular formula is C18H24. The molecular weight excluding hydrogens is 216 g/mol. The fraction of sp³-hybridized carbons (Fsp3) is 0.444. The highest BCUT2D eigenvalue weighted by molar-refractivity contribution is 5.43. The molecule has 0 heterocycles. The maximum atomic E-state index is 2.38. The average Bonchev–Trinajstić information content (AvgIpc) is 2.42. The second-order valence-electron chi connectivity index (χ2n) is 5.47. The van der Waals surface area contributed by atoms with Gasteiger partial charge in [0.05, 0.1) is 0 Å². The molecule has 1 aliphatic rings. The van der Waals surface area contributed by atoms with E-state index in [4.69, 9.17) is 0 Å². The van der Waals surface area contributed by atoms with E-state index in [0.29, 0.717) is 5.92 Å². The Labute approximate surface area is 111 Å². The van der Waals surface area contributed by atoms with Gasteiger partial charge in [-0.05, 0) is 29.9 Å². The minimum Gasteiger partial charge on any atom is -0.0736 e. The van der Waals surface area contributed by atoms with Crippen molar-refractivity contribution in [2.75, 3.05) is 0 Å². The second-order valence-corrected chi connectivity index (χ2v) is 5.47. The normalized spacial score (nSPS) is 27.1. The second kappa shape index (κ2) is 5.14. The van der Waals surface area contributed by atoms with Crippen LogP contribution in [0.5, 0.6) is 0 Å². The van der Waals surface area contributed by atoms with Crippen LogP contribution in [0.3, 0.4) is 0 Å². The van der Waals surface area contributed by atoms with Crippen LogP contribution in [0.25, 0.3) is 0 Å². The van der Waals surface area contributed by atoms with Crippen LogP contribution in [-0.2, 0) is 11.8 Å². The van der Waals surface area contributed by atoms with Crippen LogP contribution in [0.15, 0.2) is 48.1 Å². The minimum atomic E-state index is 0.146. The average molecular weight is 240 g/mol. The van der Waals surface area contributed by atoms with Crippen LogP contribution in [0.4, 0.5) is 0 Å². The van der Waals surface area contributed by atoms with Gasteiger partial charge in [-0.1, -0.05) is 75.8 Å². The summed E-state index contributed by atoms with van der Waals surface area (Å²) < 4.78 is 0. The number of aryl methyl sites for hydroxylation is 1. The summed E-state index contributed by atoms with van der Waals surface area (Å²) in [4.78, 5) is 0. The van der Waals surface area contributed by atoms with E-state index in [2.05, 4.69) is 70.2 Å². The van der Waals surface area contributed by atoms with Crippen molar-refractivity contribution < 1.29 is 0 Å². The van der Waals surface area contributed by atoms with E-state index in [1.54, 1.807) is 5.57 Å². The van der Waals surface area contributed by atoms with E-state index in [0.717, 1.165) is 12.8 Å². The third-order valence-electron chi connectivity index (χ3n) is 4.60. The van der Waals surface area contributed by atoms with Gasteiger partial charge in [0.15, 0.2) is 0 Å². The summed E-state index contributed by atoms with van der Waals surface area (Å²) in [6.07, 6.45) is 9.17. The van der Waals surface area contributed by atoms with Crippen LogP contribution in [0, 0.1) is 5.92 Å². The minimum absolute atomic E-state index is 0.146. The van der Waals surface area contributed by atoms with Gasteiger partial charge < -0.3 is 0 Å². The van der Waals surface area contributed by atoms with Gasteiger partial charge in [-0.3, -0.25) is 0 Å². The summed E-state index contributed by atoms with van der Waals surface area (Å²) in [6, 6.07) is 8.90. The molecule has 0 heteroatoms. The van der Waals surface area contributed by atoms with Crippen molar-refractivity contribution in [2.45, 2.75) is 46.0 Å². The van der Waals surface area contributed by atoms with Crippen LogP contribution in [-0.4, -0.2) is 0 Å². The number of allylic oxidation sites excluding steroid dienone is 4. The molecule has 0 aliphatic heterocycles. The molecule has 2 rings (SSSR count). The van der Waals surface area contributed by atoms with Gasteiger partial charge in [-0.25, -0.2) is 0 Å². The topological polar surface area (TPSA) is 0 Å². The predicted molar refractivity (Wildman–Crippen MR) is 79.9 cm³/mol. The van der Waals surface area contributed by atoms with E-state index >= 15 is 0 Å². The van der Waals surface area contributed by atoms with Crippen LogP contribution in [0.1, 0.15) is 45.2 Å². The fourth-order valence-corrected chi connectivity index (χ4v) is 3.15. The summed E-state index contributed by atoms with van der Waals surface area (Å²) in [5.74, 6) is 0.584. The maximum absolute atomic E-state index is 2.38. The summed E-state index contributed by atoms with van der Waals surface area (Å²) in [6.45, 7) is 9.25. The molecule has 96 valence electrons. The molecule has 0 aromatic heterocycles. The first-order valence-corrected chi connectivity index (χ1v) is 7.10. The monoisotopic (exact) mass is 240 g/mol. The SMILES string of the molecule is CCC1=CC=CC(C)(c2ccccc2CC)C1C. The first-order valence-electron chi connectivity index (χ1n) is 7.10. The largest absolute Gasteiger partial charge is 0.0736 e. The predicted octanol–water partition coefficient (Wildman–Crippen LogP) is 5.05. The number of rotatable bonds is 3. The van der Waals surface area contributed by atoms with Gasteiger partial charge in [-0.15, -0.1) is 0 Å². The molecule has 2 atom stereocenters. The third kappa shape index (κ3) is 2.05. The van der Waals surface area contributed by atoms with Crippen LogP contribution >= 0.6 is 0 Å². The lowest BCUT2D eigenvalue weighted by atomic mass is 9.65. The molecule has 0 nitrogen and oxygen atoms in total. The molecule has 0 bridgehead atoms. The zero-order chi connectivity index (χ0) is 13.2. The van der Waals surface area contributed by atoms with Crippen molar-refractivity contribution in [3.63, 3.8) is 0 Å². The van der Waals surface area contributed by atoms with Crippen molar-refractivity contribution in [2.24, 2.45) is 5.92 Å². The van der Waals surface area contributed by atoms with Crippen LogP contribution < -0.4 is 0 Å². The Balaban J connectivity index is 2.49. The Kier molecular flexibility index (Phi) is 3.75. The molecule has 0 saturated carbocycles. The fourth-order valence-electron chi connectivity index (χ4n) is 3.15. The first kappa shape index (κ1) is 13.1. The lowest BCUT2D eigenvalue weighted by Gasteiger charge is -2.38. The van der Waals surface area contributed by atoms with Crippen molar-refractivity contribution in [1.29, 1.82) is 0 Å². The summed E-state index contributed by atoms with van der Waals surface area (Å²) in [5.41, 5.74) is 4.68. The molecule has 0 N–H and O–H groups in total. The lowest BCUT2D eigenvalue weighted by molar-refractivity contribution is 0.424. The van der Waals surface area contributed by atoms with E-state index in [1.165, 1.54) is 11.1 Å². The maximum Gasteiger partial charge on any atom is 0.0172 e. The lowest BCUT2D eigenvalue weighted by Crippen LogP contribution is -2.32. The molecule has 1 aromatic rings. The Hall–Kier alpha value is -1.30. The number of benzene rings is 1. The highest BCUT2D eigenvalue weighted by atomic mass is 14.4. The first-order chi connectivity index (χ1) is 8.63. The van der Waals surface area contributed by atoms with E-state index in [1.807, 2.05) is 0 Å².